The van der Waals surface area contributed by atoms with Crippen LogP contribution in [0.2, 0.25) is 0 Å². The number of hydrogen-bond donors (Lipinski definition) is 0. The maximum absolute atomic E-state index is 11.8. The fourth-order valence-corrected chi connectivity index (χ4v) is 1.99. The first-order chi connectivity index (χ1) is 9.56. The molecule has 0 bridgehead atoms. The van der Waals surface area contributed by atoms with Crippen LogP contribution >= 0.6 is 0 Å². The molecule has 0 atom stereocenters. The van der Waals surface area contributed by atoms with Crippen molar-refractivity contribution in [2.45, 2.75) is 13.8 Å². The van der Waals surface area contributed by atoms with Gasteiger partial charge in [0.05, 0.1) is 6.54 Å². The van der Waals surface area contributed by atoms with Gasteiger partial charge < -0.3 is 4.74 Å². The monoisotopic (exact) mass is 276 g/mol. The zero-order valence-electron chi connectivity index (χ0n) is 11.5. The number of carbonyl (C=O) groups excluding carboxylic acids is 3. The lowest BCUT2D eigenvalue weighted by atomic mass is 10.2. The Bertz CT molecular complexity index is 556. The van der Waals surface area contributed by atoms with E-state index in [-0.39, 0.29) is 19.7 Å². The number of para-hydroxylation sites is 1. The van der Waals surface area contributed by atoms with Crippen molar-refractivity contribution in [3.05, 3.63) is 29.8 Å². The van der Waals surface area contributed by atoms with Gasteiger partial charge in [0.1, 0.15) is 12.4 Å². The molecule has 2 rings (SSSR count). The summed E-state index contributed by atoms with van der Waals surface area (Å²) in [6.07, 6.45) is 0. The summed E-state index contributed by atoms with van der Waals surface area (Å²) in [5, 5.41) is 0. The van der Waals surface area contributed by atoms with Crippen LogP contribution in [0.15, 0.2) is 24.3 Å². The van der Waals surface area contributed by atoms with E-state index in [4.69, 9.17) is 4.74 Å². The molecule has 1 aromatic carbocycles. The molecule has 1 aliphatic rings. The van der Waals surface area contributed by atoms with Gasteiger partial charge in [0.15, 0.2) is 0 Å². The van der Waals surface area contributed by atoms with Gasteiger partial charge in [0.25, 0.3) is 0 Å². The molecule has 0 saturated carbocycles. The zero-order valence-corrected chi connectivity index (χ0v) is 11.5. The predicted molar refractivity (Wildman–Crippen MR) is 71.2 cm³/mol. The van der Waals surface area contributed by atoms with Gasteiger partial charge in [0.2, 0.25) is 0 Å². The van der Waals surface area contributed by atoms with Gasteiger partial charge in [-0.25, -0.2) is 4.79 Å². The molecule has 20 heavy (non-hydrogen) atoms. The summed E-state index contributed by atoms with van der Waals surface area (Å²) in [4.78, 5) is 36.8. The smallest absolute Gasteiger partial charge is 0.334 e. The Labute approximate surface area is 116 Å². The fourth-order valence-electron chi connectivity index (χ4n) is 1.99. The van der Waals surface area contributed by atoms with Crippen molar-refractivity contribution in [2.75, 3.05) is 19.7 Å². The van der Waals surface area contributed by atoms with Crippen molar-refractivity contribution in [3.63, 3.8) is 0 Å². The fraction of sp³-hybridized carbons (Fsp3) is 0.357. The molecule has 6 heteroatoms. The molecule has 0 N–H and O–H groups in total. The van der Waals surface area contributed by atoms with Crippen LogP contribution in [0.5, 0.6) is 5.75 Å². The maximum Gasteiger partial charge on any atom is 0.334 e. The number of urea groups is 1. The van der Waals surface area contributed by atoms with Gasteiger partial charge in [-0.1, -0.05) is 18.2 Å². The summed E-state index contributed by atoms with van der Waals surface area (Å²) in [5.74, 6) is -0.858. The minimum atomic E-state index is -0.787. The lowest BCUT2D eigenvalue weighted by Crippen LogP contribution is -2.36. The number of carbonyl (C=O) groups is 3. The van der Waals surface area contributed by atoms with Crippen molar-refractivity contribution >= 4 is 17.8 Å². The van der Waals surface area contributed by atoms with Crippen LogP contribution in [0.4, 0.5) is 4.79 Å². The highest BCUT2D eigenvalue weighted by atomic mass is 16.5. The molecule has 1 saturated heterocycles. The molecule has 4 amide bonds. The number of amides is 4. The van der Waals surface area contributed by atoms with Gasteiger partial charge in [-0.2, -0.15) is 0 Å². The molecular formula is C14H16N2O4. The van der Waals surface area contributed by atoms with Crippen molar-refractivity contribution < 1.29 is 19.1 Å². The number of likely N-dealkylation sites (N-methyl/N-ethyl adjacent to an activating group) is 1. The average molecular weight is 276 g/mol. The van der Waals surface area contributed by atoms with Gasteiger partial charge in [-0.3, -0.25) is 19.4 Å². The van der Waals surface area contributed by atoms with E-state index in [1.165, 1.54) is 0 Å². The highest BCUT2D eigenvalue weighted by Gasteiger charge is 2.43. The minimum absolute atomic E-state index is 0.0637. The van der Waals surface area contributed by atoms with E-state index in [2.05, 4.69) is 0 Å². The summed E-state index contributed by atoms with van der Waals surface area (Å²) in [7, 11) is 0. The molecule has 1 aromatic rings. The van der Waals surface area contributed by atoms with Crippen molar-refractivity contribution in [2.24, 2.45) is 0 Å². The maximum atomic E-state index is 11.8. The molecule has 0 aromatic heterocycles. The second-order valence-electron chi connectivity index (χ2n) is 4.40. The highest BCUT2D eigenvalue weighted by molar-refractivity contribution is 6.44. The Morgan fingerprint density at radius 2 is 1.70 bits per heavy atom. The Morgan fingerprint density at radius 3 is 2.30 bits per heavy atom. The standard InChI is InChI=1S/C14H16N2O4/c1-3-15-12(17)13(18)16(14(15)19)8-9-20-11-7-5-4-6-10(11)2/h4-7H,3,8-9H2,1-2H3. The third kappa shape index (κ3) is 2.49. The second kappa shape index (κ2) is 5.73. The van der Waals surface area contributed by atoms with E-state index in [9.17, 15) is 14.4 Å². The molecule has 6 nitrogen and oxygen atoms in total. The molecule has 0 radical (unpaired) electrons. The van der Waals surface area contributed by atoms with Crippen LogP contribution in [0.25, 0.3) is 0 Å². The number of hydrogen-bond acceptors (Lipinski definition) is 4. The first-order valence-corrected chi connectivity index (χ1v) is 6.42. The summed E-state index contributed by atoms with van der Waals surface area (Å²) < 4.78 is 5.52. The van der Waals surface area contributed by atoms with Crippen LogP contribution in [0.3, 0.4) is 0 Å². The lowest BCUT2D eigenvalue weighted by molar-refractivity contribution is -0.143. The molecule has 1 fully saturated rings. The number of rotatable bonds is 5. The molecule has 1 heterocycles. The first-order valence-electron chi connectivity index (χ1n) is 6.42. The third-order valence-electron chi connectivity index (χ3n) is 3.12. The Morgan fingerprint density at radius 1 is 1.05 bits per heavy atom. The van der Waals surface area contributed by atoms with Crippen LogP contribution in [0, 0.1) is 6.92 Å². The van der Waals surface area contributed by atoms with E-state index in [0.717, 1.165) is 15.4 Å². The largest absolute Gasteiger partial charge is 0.491 e. The molecule has 106 valence electrons. The molecule has 0 aliphatic carbocycles. The zero-order chi connectivity index (χ0) is 14.7. The van der Waals surface area contributed by atoms with Gasteiger partial charge in [-0.05, 0) is 25.5 Å². The Kier molecular flexibility index (Phi) is 4.02. The molecule has 0 unspecified atom stereocenters. The summed E-state index contributed by atoms with van der Waals surface area (Å²) >= 11 is 0. The van der Waals surface area contributed by atoms with Crippen molar-refractivity contribution in [1.29, 1.82) is 0 Å². The van der Waals surface area contributed by atoms with E-state index in [1.807, 2.05) is 31.2 Å². The quantitative estimate of drug-likeness (QED) is 0.598. The van der Waals surface area contributed by atoms with E-state index in [0.29, 0.717) is 5.75 Å². The first kappa shape index (κ1) is 14.0. The average Bonchev–Trinajstić information content (AvgIpc) is 2.64. The number of aryl methyl sites for hydroxylation is 1. The number of ether oxygens (including phenoxy) is 1. The van der Waals surface area contributed by atoms with Gasteiger partial charge >= 0.3 is 17.8 Å². The predicted octanol–water partition coefficient (Wildman–Crippen LogP) is 1.18. The highest BCUT2D eigenvalue weighted by Crippen LogP contribution is 2.17. The minimum Gasteiger partial charge on any atom is -0.491 e. The van der Waals surface area contributed by atoms with E-state index < -0.39 is 17.8 Å². The van der Waals surface area contributed by atoms with Crippen LogP contribution in [0.1, 0.15) is 12.5 Å². The van der Waals surface area contributed by atoms with Gasteiger partial charge in [0, 0.05) is 6.54 Å². The SMILES string of the molecule is CCN1C(=O)C(=O)N(CCOc2ccccc2C)C1=O. The second-order valence-corrected chi connectivity index (χ2v) is 4.40. The molecule has 1 aliphatic heterocycles. The summed E-state index contributed by atoms with van der Waals surface area (Å²) in [6.45, 7) is 3.97. The Balaban J connectivity index is 1.95. The van der Waals surface area contributed by atoms with Crippen LogP contribution in [-0.2, 0) is 9.59 Å². The van der Waals surface area contributed by atoms with Crippen molar-refractivity contribution in [1.82, 2.24) is 9.80 Å². The van der Waals surface area contributed by atoms with Crippen LogP contribution < -0.4 is 4.74 Å². The summed E-state index contributed by atoms with van der Waals surface area (Å²) in [5.41, 5.74) is 0.970. The topological polar surface area (TPSA) is 66.9 Å². The third-order valence-corrected chi connectivity index (χ3v) is 3.12. The summed E-state index contributed by atoms with van der Waals surface area (Å²) in [6, 6.07) is 6.89. The number of imide groups is 2. The number of nitrogens with zero attached hydrogens (tertiary/aromatic N) is 2. The molecule has 0 spiro atoms. The number of benzene rings is 1. The molecular weight excluding hydrogens is 260 g/mol. The van der Waals surface area contributed by atoms with E-state index >= 15 is 0 Å². The van der Waals surface area contributed by atoms with Crippen molar-refractivity contribution in [3.8, 4) is 5.75 Å². The Hall–Kier alpha value is -2.37. The van der Waals surface area contributed by atoms with E-state index in [1.54, 1.807) is 6.92 Å². The van der Waals surface area contributed by atoms with Crippen LogP contribution in [-0.4, -0.2) is 47.3 Å². The lowest BCUT2D eigenvalue weighted by Gasteiger charge is -2.15. The van der Waals surface area contributed by atoms with Gasteiger partial charge in [-0.15, -0.1) is 0 Å². The normalized spacial score (nSPS) is 15.2.